The first-order chi connectivity index (χ1) is 12.8. The van der Waals surface area contributed by atoms with Gasteiger partial charge in [-0.1, -0.05) is 19.1 Å². The molecule has 1 aromatic heterocycles. The number of carboxylic acids is 1. The fraction of sp³-hybridized carbons (Fsp3) is 0.316. The number of hydrogen-bond donors (Lipinski definition) is 2. The number of hydrogen-bond acceptors (Lipinski definition) is 5. The highest BCUT2D eigenvalue weighted by Crippen LogP contribution is 2.35. The van der Waals surface area contributed by atoms with E-state index in [2.05, 4.69) is 5.32 Å². The predicted molar refractivity (Wildman–Crippen MR) is 103 cm³/mol. The van der Waals surface area contributed by atoms with E-state index in [9.17, 15) is 19.5 Å². The van der Waals surface area contributed by atoms with Gasteiger partial charge in [-0.2, -0.15) is 0 Å². The maximum atomic E-state index is 12.6. The lowest BCUT2D eigenvalue weighted by Gasteiger charge is -2.32. The molecular weight excluding hydrogens is 368 g/mol. The predicted octanol–water partition coefficient (Wildman–Crippen LogP) is 3.07. The lowest BCUT2D eigenvalue weighted by molar-refractivity contribution is -0.127. The minimum Gasteiger partial charge on any atom is -0.479 e. The summed E-state index contributed by atoms with van der Waals surface area (Å²) in [5.41, 5.74) is 1.35. The normalized spacial score (nSPS) is 15.9. The number of carbonyl (C=O) groups excluding carboxylic acids is 2. The van der Waals surface area contributed by atoms with Crippen molar-refractivity contribution in [3.05, 3.63) is 40.3 Å². The number of aromatic carboxylic acids is 1. The van der Waals surface area contributed by atoms with Crippen LogP contribution in [0.2, 0.25) is 0 Å². The number of fused-ring (bicyclic) bond motifs is 1. The molecule has 1 aromatic carbocycles. The van der Waals surface area contributed by atoms with E-state index in [1.165, 1.54) is 16.2 Å². The first-order valence-corrected chi connectivity index (χ1v) is 9.37. The minimum absolute atomic E-state index is 0.121. The molecule has 7 nitrogen and oxygen atoms in total. The van der Waals surface area contributed by atoms with Crippen molar-refractivity contribution >= 4 is 39.8 Å². The molecule has 27 heavy (non-hydrogen) atoms. The van der Waals surface area contributed by atoms with E-state index in [0.717, 1.165) is 4.88 Å². The maximum Gasteiger partial charge on any atom is 0.339 e. The molecule has 2 N–H and O–H groups in total. The lowest BCUT2D eigenvalue weighted by Crippen LogP contribution is -2.47. The number of nitrogens with zero attached hydrogens (tertiary/aromatic N) is 1. The third-order valence-corrected chi connectivity index (χ3v) is 5.47. The molecule has 1 unspecified atom stereocenters. The molecule has 1 atom stereocenters. The van der Waals surface area contributed by atoms with Gasteiger partial charge in [-0.05, 0) is 38.0 Å². The smallest absolute Gasteiger partial charge is 0.339 e. The molecule has 8 heteroatoms. The number of ether oxygens (including phenoxy) is 1. The van der Waals surface area contributed by atoms with Gasteiger partial charge in [0.25, 0.3) is 5.91 Å². The third kappa shape index (κ3) is 3.52. The largest absolute Gasteiger partial charge is 0.479 e. The van der Waals surface area contributed by atoms with Gasteiger partial charge >= 0.3 is 5.97 Å². The Balaban J connectivity index is 1.85. The second-order valence-electron chi connectivity index (χ2n) is 6.20. The molecule has 1 aliphatic heterocycles. The van der Waals surface area contributed by atoms with Gasteiger partial charge < -0.3 is 15.2 Å². The summed E-state index contributed by atoms with van der Waals surface area (Å²) in [6, 6.07) is 7.00. The van der Waals surface area contributed by atoms with E-state index in [1.807, 2.05) is 13.8 Å². The zero-order valence-electron chi connectivity index (χ0n) is 15.2. The number of anilines is 2. The van der Waals surface area contributed by atoms with Gasteiger partial charge in [0.1, 0.15) is 17.3 Å². The average Bonchev–Trinajstić information content (AvgIpc) is 2.93. The highest BCUT2D eigenvalue weighted by molar-refractivity contribution is 7.16. The van der Waals surface area contributed by atoms with Gasteiger partial charge in [0.15, 0.2) is 6.10 Å². The highest BCUT2D eigenvalue weighted by Gasteiger charge is 2.33. The average molecular weight is 388 g/mol. The second-order valence-corrected chi connectivity index (χ2v) is 7.42. The molecule has 1 aliphatic rings. The molecule has 0 bridgehead atoms. The molecule has 2 heterocycles. The number of thiophene rings is 1. The zero-order chi connectivity index (χ0) is 19.7. The van der Waals surface area contributed by atoms with Crippen molar-refractivity contribution in [1.29, 1.82) is 0 Å². The van der Waals surface area contributed by atoms with Crippen molar-refractivity contribution in [3.8, 4) is 5.75 Å². The summed E-state index contributed by atoms with van der Waals surface area (Å²) in [6.45, 7) is 5.11. The number of rotatable bonds is 5. The summed E-state index contributed by atoms with van der Waals surface area (Å²) in [5.74, 6) is -1.32. The number of carboxylic acid groups (broad SMARTS) is 1. The molecule has 0 aliphatic carbocycles. The van der Waals surface area contributed by atoms with Crippen LogP contribution in [0, 0.1) is 6.92 Å². The van der Waals surface area contributed by atoms with E-state index >= 15 is 0 Å². The van der Waals surface area contributed by atoms with Crippen LogP contribution in [0.15, 0.2) is 24.3 Å². The molecule has 0 radical (unpaired) electrons. The van der Waals surface area contributed by atoms with Crippen molar-refractivity contribution in [3.63, 3.8) is 0 Å². The minimum atomic E-state index is -1.08. The first kappa shape index (κ1) is 18.9. The van der Waals surface area contributed by atoms with E-state index in [-0.39, 0.29) is 18.0 Å². The fourth-order valence-corrected chi connectivity index (χ4v) is 4.30. The van der Waals surface area contributed by atoms with Crippen molar-refractivity contribution in [2.45, 2.75) is 33.3 Å². The van der Waals surface area contributed by atoms with Crippen LogP contribution in [-0.4, -0.2) is 35.5 Å². The fourth-order valence-electron chi connectivity index (χ4n) is 3.15. The molecule has 0 spiro atoms. The van der Waals surface area contributed by atoms with Crippen LogP contribution in [0.25, 0.3) is 0 Å². The van der Waals surface area contributed by atoms with E-state index < -0.39 is 18.0 Å². The van der Waals surface area contributed by atoms with E-state index in [0.29, 0.717) is 28.4 Å². The molecule has 0 fully saturated rings. The Morgan fingerprint density at radius 2 is 2.04 bits per heavy atom. The number of nitrogens with one attached hydrogen (secondary N) is 1. The van der Waals surface area contributed by atoms with Gasteiger partial charge in [0.2, 0.25) is 5.91 Å². The van der Waals surface area contributed by atoms with Crippen LogP contribution < -0.4 is 15.0 Å². The van der Waals surface area contributed by atoms with Crippen LogP contribution in [0.5, 0.6) is 5.75 Å². The third-order valence-electron chi connectivity index (χ3n) is 4.40. The van der Waals surface area contributed by atoms with Crippen LogP contribution in [0.1, 0.15) is 34.6 Å². The number of carbonyl (C=O) groups is 3. The number of benzene rings is 1. The highest BCUT2D eigenvalue weighted by atomic mass is 32.1. The second kappa shape index (κ2) is 7.40. The van der Waals surface area contributed by atoms with Crippen LogP contribution in [-0.2, 0) is 16.0 Å². The summed E-state index contributed by atoms with van der Waals surface area (Å²) in [6.07, 6.45) is -0.134. The molecule has 0 saturated heterocycles. The van der Waals surface area contributed by atoms with Gasteiger partial charge in [-0.15, -0.1) is 11.3 Å². The Bertz CT molecular complexity index is 921. The van der Waals surface area contributed by atoms with Gasteiger partial charge in [-0.25, -0.2) is 4.79 Å². The van der Waals surface area contributed by atoms with Gasteiger partial charge in [0, 0.05) is 4.88 Å². The Morgan fingerprint density at radius 1 is 1.33 bits per heavy atom. The summed E-state index contributed by atoms with van der Waals surface area (Å²) >= 11 is 1.23. The summed E-state index contributed by atoms with van der Waals surface area (Å²) in [4.78, 5) is 38.9. The molecule has 2 aromatic rings. The molecule has 3 rings (SSSR count). The van der Waals surface area contributed by atoms with Crippen molar-refractivity contribution in [2.75, 3.05) is 16.8 Å². The summed E-state index contributed by atoms with van der Waals surface area (Å²) in [5, 5.41) is 12.5. The Kier molecular flexibility index (Phi) is 5.18. The Hall–Kier alpha value is -2.87. The zero-order valence-corrected chi connectivity index (χ0v) is 16.1. The molecule has 142 valence electrons. The van der Waals surface area contributed by atoms with Crippen LogP contribution in [0.4, 0.5) is 10.7 Å². The number of para-hydroxylation sites is 2. The topological polar surface area (TPSA) is 95.9 Å². The molecule has 2 amide bonds. The Labute approximate surface area is 160 Å². The van der Waals surface area contributed by atoms with Gasteiger partial charge in [-0.3, -0.25) is 14.5 Å². The van der Waals surface area contributed by atoms with Gasteiger partial charge in [0.05, 0.1) is 11.3 Å². The van der Waals surface area contributed by atoms with Crippen molar-refractivity contribution in [2.24, 2.45) is 0 Å². The standard InChI is InChI=1S/C19H20N2O5S/c1-4-12-11(3)27-17(16(12)19(24)25)20-15(22)9-21-13-7-5-6-8-14(13)26-10(2)18(21)23/h5-8,10H,4,9H2,1-3H3,(H,20,22)(H,24,25). The van der Waals surface area contributed by atoms with E-state index in [1.54, 1.807) is 31.2 Å². The van der Waals surface area contributed by atoms with E-state index in [4.69, 9.17) is 4.74 Å². The first-order valence-electron chi connectivity index (χ1n) is 8.56. The van der Waals surface area contributed by atoms with Crippen molar-refractivity contribution in [1.82, 2.24) is 0 Å². The van der Waals surface area contributed by atoms with Crippen LogP contribution in [0.3, 0.4) is 0 Å². The maximum absolute atomic E-state index is 12.6. The lowest BCUT2D eigenvalue weighted by atomic mass is 10.1. The summed E-state index contributed by atoms with van der Waals surface area (Å²) < 4.78 is 5.56. The molecule has 0 saturated carbocycles. The quantitative estimate of drug-likeness (QED) is 0.821. The monoisotopic (exact) mass is 388 g/mol. The number of amides is 2. The SMILES string of the molecule is CCc1c(C)sc(NC(=O)CN2C(=O)C(C)Oc3ccccc32)c1C(=O)O. The molecular formula is C19H20N2O5S. The Morgan fingerprint density at radius 3 is 2.70 bits per heavy atom. The summed E-state index contributed by atoms with van der Waals surface area (Å²) in [7, 11) is 0. The van der Waals surface area contributed by atoms with Crippen LogP contribution >= 0.6 is 11.3 Å². The van der Waals surface area contributed by atoms with Crippen molar-refractivity contribution < 1.29 is 24.2 Å². The number of aryl methyl sites for hydroxylation is 1.